The number of nitrogen functional groups attached to an aromatic ring is 1. The summed E-state index contributed by atoms with van der Waals surface area (Å²) in [6.45, 7) is 2.17. The van der Waals surface area contributed by atoms with Crippen molar-refractivity contribution >= 4 is 11.7 Å². The molecule has 1 rings (SSSR count). The van der Waals surface area contributed by atoms with Crippen LogP contribution in [0.5, 0.6) is 0 Å². The first kappa shape index (κ1) is 12.6. The fourth-order valence-electron chi connectivity index (χ4n) is 1.72. The van der Waals surface area contributed by atoms with Crippen molar-refractivity contribution in [2.45, 2.75) is 39.0 Å². The van der Waals surface area contributed by atoms with Crippen LogP contribution in [0.25, 0.3) is 0 Å². The normalized spacial score (nSPS) is 10.3. The van der Waals surface area contributed by atoms with Gasteiger partial charge in [0.25, 0.3) is 0 Å². The van der Waals surface area contributed by atoms with Crippen LogP contribution in [0, 0.1) is 0 Å². The van der Waals surface area contributed by atoms with Gasteiger partial charge in [-0.05, 0) is 30.0 Å². The fourth-order valence-corrected chi connectivity index (χ4v) is 1.72. The van der Waals surface area contributed by atoms with E-state index < -0.39 is 5.97 Å². The minimum atomic E-state index is -0.821. The lowest BCUT2D eigenvalue weighted by Gasteiger charge is -2.07. The van der Waals surface area contributed by atoms with Gasteiger partial charge in [0.1, 0.15) is 0 Å². The number of rotatable bonds is 6. The third kappa shape index (κ3) is 3.93. The number of carboxylic acid groups (broad SMARTS) is 1. The van der Waals surface area contributed by atoms with E-state index in [9.17, 15) is 4.79 Å². The first-order valence-corrected chi connectivity index (χ1v) is 5.72. The number of aliphatic carboxylic acids is 1. The molecule has 0 saturated carbocycles. The van der Waals surface area contributed by atoms with Crippen LogP contribution >= 0.6 is 0 Å². The lowest BCUT2D eigenvalue weighted by molar-refractivity contribution is -0.136. The first-order valence-electron chi connectivity index (χ1n) is 5.72. The molecule has 0 aliphatic carbocycles. The average Bonchev–Trinajstić information content (AvgIpc) is 2.20. The number of hydrogen-bond donors (Lipinski definition) is 2. The van der Waals surface area contributed by atoms with E-state index in [0.717, 1.165) is 29.7 Å². The summed E-state index contributed by atoms with van der Waals surface area (Å²) in [5.41, 5.74) is 8.50. The van der Waals surface area contributed by atoms with Crippen molar-refractivity contribution in [1.29, 1.82) is 0 Å². The Morgan fingerprint density at radius 3 is 2.69 bits per heavy atom. The Labute approximate surface area is 96.3 Å². The number of carbonyl (C=O) groups is 1. The van der Waals surface area contributed by atoms with E-state index in [2.05, 4.69) is 6.92 Å². The molecule has 0 atom stereocenters. The molecule has 88 valence electrons. The zero-order valence-electron chi connectivity index (χ0n) is 9.70. The van der Waals surface area contributed by atoms with Crippen LogP contribution < -0.4 is 5.73 Å². The third-order valence-corrected chi connectivity index (χ3v) is 2.62. The summed E-state index contributed by atoms with van der Waals surface area (Å²) < 4.78 is 0. The molecule has 0 aromatic heterocycles. The van der Waals surface area contributed by atoms with Crippen LogP contribution in [0.2, 0.25) is 0 Å². The van der Waals surface area contributed by atoms with Crippen LogP contribution in [0.3, 0.4) is 0 Å². The molecule has 0 fully saturated rings. The molecule has 1 aromatic carbocycles. The monoisotopic (exact) mass is 221 g/mol. The van der Waals surface area contributed by atoms with Gasteiger partial charge in [-0.3, -0.25) is 4.79 Å². The molecule has 16 heavy (non-hydrogen) atoms. The van der Waals surface area contributed by atoms with Gasteiger partial charge in [0.15, 0.2) is 0 Å². The Hall–Kier alpha value is -1.51. The molecule has 3 heteroatoms. The fraction of sp³-hybridized carbons (Fsp3) is 0.462. The van der Waals surface area contributed by atoms with E-state index in [4.69, 9.17) is 10.8 Å². The molecular weight excluding hydrogens is 202 g/mol. The van der Waals surface area contributed by atoms with E-state index >= 15 is 0 Å². The van der Waals surface area contributed by atoms with Gasteiger partial charge in [-0.2, -0.15) is 0 Å². The SMILES string of the molecule is CCCCCc1ccc(CC(=O)O)cc1N. The molecule has 0 spiro atoms. The highest BCUT2D eigenvalue weighted by Gasteiger charge is 2.04. The molecule has 0 saturated heterocycles. The minimum absolute atomic E-state index is 0.0411. The van der Waals surface area contributed by atoms with Gasteiger partial charge in [0, 0.05) is 5.69 Å². The quantitative estimate of drug-likeness (QED) is 0.573. The summed E-state index contributed by atoms with van der Waals surface area (Å²) >= 11 is 0. The minimum Gasteiger partial charge on any atom is -0.481 e. The molecule has 0 aliphatic heterocycles. The summed E-state index contributed by atoms with van der Waals surface area (Å²) in [6, 6.07) is 5.57. The number of nitrogens with two attached hydrogens (primary N) is 1. The lowest BCUT2D eigenvalue weighted by atomic mass is 10.0. The van der Waals surface area contributed by atoms with Gasteiger partial charge in [0.05, 0.1) is 6.42 Å². The molecule has 0 bridgehead atoms. The second-order valence-corrected chi connectivity index (χ2v) is 4.06. The molecule has 0 amide bonds. The van der Waals surface area contributed by atoms with Crippen molar-refractivity contribution in [1.82, 2.24) is 0 Å². The van der Waals surface area contributed by atoms with E-state index in [1.54, 1.807) is 6.07 Å². The van der Waals surface area contributed by atoms with Crippen LogP contribution in [0.15, 0.2) is 18.2 Å². The van der Waals surface area contributed by atoms with Gasteiger partial charge in [-0.15, -0.1) is 0 Å². The number of carboxylic acids is 1. The molecule has 3 N–H and O–H groups in total. The number of aryl methyl sites for hydroxylation is 1. The predicted octanol–water partition coefficient (Wildman–Crippen LogP) is 2.63. The maximum absolute atomic E-state index is 10.5. The second kappa shape index (κ2) is 6.16. The number of hydrogen-bond acceptors (Lipinski definition) is 2. The molecular formula is C13H19NO2. The van der Waals surface area contributed by atoms with Crippen molar-refractivity contribution in [3.05, 3.63) is 29.3 Å². The van der Waals surface area contributed by atoms with E-state index in [0.29, 0.717) is 0 Å². The third-order valence-electron chi connectivity index (χ3n) is 2.62. The highest BCUT2D eigenvalue weighted by molar-refractivity contribution is 5.71. The van der Waals surface area contributed by atoms with Gasteiger partial charge >= 0.3 is 5.97 Å². The summed E-state index contributed by atoms with van der Waals surface area (Å²) in [5, 5.41) is 8.66. The standard InChI is InChI=1S/C13H19NO2/c1-2-3-4-5-11-7-6-10(8-12(11)14)9-13(15)16/h6-8H,2-5,9,14H2,1H3,(H,15,16). The van der Waals surface area contributed by atoms with Crippen LogP contribution in [0.4, 0.5) is 5.69 Å². The predicted molar refractivity (Wildman–Crippen MR) is 65.4 cm³/mol. The van der Waals surface area contributed by atoms with Gasteiger partial charge in [-0.25, -0.2) is 0 Å². The Balaban J connectivity index is 2.64. The van der Waals surface area contributed by atoms with Crippen molar-refractivity contribution < 1.29 is 9.90 Å². The number of unbranched alkanes of at least 4 members (excludes halogenated alkanes) is 2. The largest absolute Gasteiger partial charge is 0.481 e. The molecule has 0 unspecified atom stereocenters. The zero-order chi connectivity index (χ0) is 12.0. The van der Waals surface area contributed by atoms with Gasteiger partial charge < -0.3 is 10.8 Å². The lowest BCUT2D eigenvalue weighted by Crippen LogP contribution is -2.02. The summed E-state index contributed by atoms with van der Waals surface area (Å²) in [7, 11) is 0. The number of anilines is 1. The Morgan fingerprint density at radius 1 is 1.38 bits per heavy atom. The second-order valence-electron chi connectivity index (χ2n) is 4.06. The number of benzene rings is 1. The van der Waals surface area contributed by atoms with E-state index in [1.165, 1.54) is 12.8 Å². The van der Waals surface area contributed by atoms with E-state index in [1.807, 2.05) is 12.1 Å². The summed E-state index contributed by atoms with van der Waals surface area (Å²) in [5.74, 6) is -0.821. The molecule has 0 aliphatic rings. The molecule has 3 nitrogen and oxygen atoms in total. The summed E-state index contributed by atoms with van der Waals surface area (Å²) in [6.07, 6.45) is 4.55. The van der Waals surface area contributed by atoms with Crippen LogP contribution in [-0.2, 0) is 17.6 Å². The van der Waals surface area contributed by atoms with Crippen molar-refractivity contribution in [3.63, 3.8) is 0 Å². The van der Waals surface area contributed by atoms with Crippen molar-refractivity contribution in [2.75, 3.05) is 5.73 Å². The Bertz CT molecular complexity index is 361. The molecule has 0 heterocycles. The zero-order valence-corrected chi connectivity index (χ0v) is 9.70. The average molecular weight is 221 g/mol. The van der Waals surface area contributed by atoms with E-state index in [-0.39, 0.29) is 6.42 Å². The smallest absolute Gasteiger partial charge is 0.307 e. The van der Waals surface area contributed by atoms with Crippen LogP contribution in [0.1, 0.15) is 37.3 Å². The Morgan fingerprint density at radius 2 is 2.12 bits per heavy atom. The molecule has 0 radical (unpaired) electrons. The van der Waals surface area contributed by atoms with Gasteiger partial charge in [0.2, 0.25) is 0 Å². The topological polar surface area (TPSA) is 63.3 Å². The summed E-state index contributed by atoms with van der Waals surface area (Å²) in [4.78, 5) is 10.5. The Kier molecular flexibility index (Phi) is 4.83. The van der Waals surface area contributed by atoms with Crippen molar-refractivity contribution in [2.24, 2.45) is 0 Å². The van der Waals surface area contributed by atoms with Crippen molar-refractivity contribution in [3.8, 4) is 0 Å². The van der Waals surface area contributed by atoms with Crippen LogP contribution in [-0.4, -0.2) is 11.1 Å². The molecule has 1 aromatic rings. The highest BCUT2D eigenvalue weighted by atomic mass is 16.4. The van der Waals surface area contributed by atoms with Gasteiger partial charge in [-0.1, -0.05) is 31.9 Å². The first-order chi connectivity index (χ1) is 7.63. The maximum atomic E-state index is 10.5. The maximum Gasteiger partial charge on any atom is 0.307 e. The highest BCUT2D eigenvalue weighted by Crippen LogP contribution is 2.17.